The maximum atomic E-state index is 13.4. The van der Waals surface area contributed by atoms with Crippen LogP contribution in [0.15, 0.2) is 78.9 Å². The maximum Gasteiger partial charge on any atom is 0.230 e. The molecule has 1 amide bonds. The van der Waals surface area contributed by atoms with Crippen LogP contribution in [-0.2, 0) is 11.2 Å². The summed E-state index contributed by atoms with van der Waals surface area (Å²) in [5.41, 5.74) is 3.57. The zero-order valence-electron chi connectivity index (χ0n) is 14.8. The summed E-state index contributed by atoms with van der Waals surface area (Å²) in [6.45, 7) is 0. The number of carbonyl (C=O) groups excluding carboxylic acids is 1. The Hall–Kier alpha value is -3.38. The Labute approximate surface area is 165 Å². The van der Waals surface area contributed by atoms with Gasteiger partial charge in [-0.1, -0.05) is 78.1 Å². The Morgan fingerprint density at radius 3 is 2.36 bits per heavy atom. The number of benzene rings is 3. The van der Waals surface area contributed by atoms with Crippen molar-refractivity contribution in [2.45, 2.75) is 6.42 Å². The van der Waals surface area contributed by atoms with Gasteiger partial charge in [0, 0.05) is 5.56 Å². The molecule has 0 fully saturated rings. The quantitative estimate of drug-likeness (QED) is 0.511. The summed E-state index contributed by atoms with van der Waals surface area (Å²) < 4.78 is 13.4. The Balaban J connectivity index is 1.44. The van der Waals surface area contributed by atoms with Gasteiger partial charge in [0.25, 0.3) is 0 Å². The Kier molecular flexibility index (Phi) is 5.21. The van der Waals surface area contributed by atoms with Crippen LogP contribution in [-0.4, -0.2) is 16.1 Å². The molecule has 0 unspecified atom stereocenters. The van der Waals surface area contributed by atoms with Crippen molar-refractivity contribution in [1.82, 2.24) is 10.2 Å². The third-order valence-electron chi connectivity index (χ3n) is 4.17. The SMILES string of the molecule is O=C(Cc1ccccc1)Nc1nnc(-c2ccc(-c3cccc(F)c3)cc2)s1. The zero-order valence-corrected chi connectivity index (χ0v) is 15.6. The summed E-state index contributed by atoms with van der Waals surface area (Å²) in [4.78, 5) is 12.2. The smallest absolute Gasteiger partial charge is 0.230 e. The fourth-order valence-electron chi connectivity index (χ4n) is 2.81. The normalized spacial score (nSPS) is 10.6. The van der Waals surface area contributed by atoms with Crippen LogP contribution in [0.4, 0.5) is 9.52 Å². The molecular formula is C22H16FN3OS. The van der Waals surface area contributed by atoms with Crippen molar-refractivity contribution < 1.29 is 9.18 Å². The fourth-order valence-corrected chi connectivity index (χ4v) is 3.57. The highest BCUT2D eigenvalue weighted by Gasteiger charge is 2.10. The van der Waals surface area contributed by atoms with Gasteiger partial charge in [-0.2, -0.15) is 0 Å². The van der Waals surface area contributed by atoms with Crippen molar-refractivity contribution in [3.8, 4) is 21.7 Å². The first-order valence-electron chi connectivity index (χ1n) is 8.71. The van der Waals surface area contributed by atoms with E-state index in [9.17, 15) is 9.18 Å². The van der Waals surface area contributed by atoms with Crippen LogP contribution in [0.2, 0.25) is 0 Å². The molecule has 0 saturated carbocycles. The summed E-state index contributed by atoms with van der Waals surface area (Å²) >= 11 is 1.31. The van der Waals surface area contributed by atoms with Crippen LogP contribution in [0.1, 0.15) is 5.56 Å². The predicted molar refractivity (Wildman–Crippen MR) is 110 cm³/mol. The molecule has 4 nitrogen and oxygen atoms in total. The number of nitrogens with one attached hydrogen (secondary N) is 1. The summed E-state index contributed by atoms with van der Waals surface area (Å²) in [6, 6.07) is 23.7. The molecule has 0 aliphatic carbocycles. The first-order valence-corrected chi connectivity index (χ1v) is 9.53. The van der Waals surface area contributed by atoms with E-state index >= 15 is 0 Å². The second-order valence-electron chi connectivity index (χ2n) is 6.21. The summed E-state index contributed by atoms with van der Waals surface area (Å²) in [6.07, 6.45) is 0.290. The van der Waals surface area contributed by atoms with Gasteiger partial charge in [-0.25, -0.2) is 4.39 Å². The van der Waals surface area contributed by atoms with Crippen molar-refractivity contribution >= 4 is 22.4 Å². The second-order valence-corrected chi connectivity index (χ2v) is 7.19. The molecule has 28 heavy (non-hydrogen) atoms. The van der Waals surface area contributed by atoms with Crippen LogP contribution >= 0.6 is 11.3 Å². The van der Waals surface area contributed by atoms with E-state index in [1.807, 2.05) is 60.7 Å². The topological polar surface area (TPSA) is 54.9 Å². The highest BCUT2D eigenvalue weighted by Crippen LogP contribution is 2.29. The molecule has 0 aliphatic heterocycles. The monoisotopic (exact) mass is 389 g/mol. The molecule has 0 saturated heterocycles. The minimum Gasteiger partial charge on any atom is -0.300 e. The number of nitrogens with zero attached hydrogens (tertiary/aromatic N) is 2. The Morgan fingerprint density at radius 1 is 0.857 bits per heavy atom. The summed E-state index contributed by atoms with van der Waals surface area (Å²) in [5.74, 6) is -0.392. The molecule has 3 aromatic carbocycles. The van der Waals surface area contributed by atoms with E-state index in [1.54, 1.807) is 6.07 Å². The van der Waals surface area contributed by atoms with Crippen molar-refractivity contribution in [2.75, 3.05) is 5.32 Å². The van der Waals surface area contributed by atoms with Gasteiger partial charge >= 0.3 is 0 Å². The van der Waals surface area contributed by atoms with E-state index < -0.39 is 0 Å². The molecule has 0 atom stereocenters. The Morgan fingerprint density at radius 2 is 1.61 bits per heavy atom. The van der Waals surface area contributed by atoms with E-state index in [0.717, 1.165) is 22.3 Å². The van der Waals surface area contributed by atoms with Gasteiger partial charge in [0.05, 0.1) is 6.42 Å². The van der Waals surface area contributed by atoms with Crippen molar-refractivity contribution in [3.05, 3.63) is 90.2 Å². The van der Waals surface area contributed by atoms with E-state index in [-0.39, 0.29) is 18.1 Å². The molecule has 0 spiro atoms. The lowest BCUT2D eigenvalue weighted by Crippen LogP contribution is -2.14. The van der Waals surface area contributed by atoms with Gasteiger partial charge in [-0.05, 0) is 28.8 Å². The van der Waals surface area contributed by atoms with Crippen molar-refractivity contribution in [1.29, 1.82) is 0 Å². The molecule has 4 aromatic rings. The number of amides is 1. The van der Waals surface area contributed by atoms with Gasteiger partial charge in [-0.15, -0.1) is 10.2 Å². The molecule has 1 aromatic heterocycles. The number of hydrogen-bond donors (Lipinski definition) is 1. The number of halogens is 1. The lowest BCUT2D eigenvalue weighted by atomic mass is 10.0. The first kappa shape index (κ1) is 18.0. The van der Waals surface area contributed by atoms with Gasteiger partial charge in [-0.3, -0.25) is 4.79 Å². The molecule has 6 heteroatoms. The number of hydrogen-bond acceptors (Lipinski definition) is 4. The highest BCUT2D eigenvalue weighted by atomic mass is 32.1. The van der Waals surface area contributed by atoms with Crippen LogP contribution in [0, 0.1) is 5.82 Å². The summed E-state index contributed by atoms with van der Waals surface area (Å²) in [7, 11) is 0. The fraction of sp³-hybridized carbons (Fsp3) is 0.0455. The van der Waals surface area contributed by atoms with Gasteiger partial charge in [0.15, 0.2) is 0 Å². The molecule has 1 N–H and O–H groups in total. The zero-order chi connectivity index (χ0) is 19.3. The average molecular weight is 389 g/mol. The molecule has 138 valence electrons. The van der Waals surface area contributed by atoms with Crippen LogP contribution in [0.3, 0.4) is 0 Å². The minimum absolute atomic E-state index is 0.129. The van der Waals surface area contributed by atoms with Crippen molar-refractivity contribution in [2.24, 2.45) is 0 Å². The number of aromatic nitrogens is 2. The lowest BCUT2D eigenvalue weighted by molar-refractivity contribution is -0.115. The second kappa shape index (κ2) is 8.10. The molecule has 1 heterocycles. The van der Waals surface area contributed by atoms with Crippen molar-refractivity contribution in [3.63, 3.8) is 0 Å². The van der Waals surface area contributed by atoms with E-state index in [0.29, 0.717) is 10.1 Å². The van der Waals surface area contributed by atoms with Crippen LogP contribution in [0.5, 0.6) is 0 Å². The van der Waals surface area contributed by atoms with E-state index in [2.05, 4.69) is 15.5 Å². The largest absolute Gasteiger partial charge is 0.300 e. The van der Waals surface area contributed by atoms with Gasteiger partial charge in [0.2, 0.25) is 11.0 Å². The third kappa shape index (κ3) is 4.29. The van der Waals surface area contributed by atoms with E-state index in [4.69, 9.17) is 0 Å². The van der Waals surface area contributed by atoms with Gasteiger partial charge < -0.3 is 5.32 Å². The maximum absolute atomic E-state index is 13.4. The van der Waals surface area contributed by atoms with Crippen LogP contribution in [0.25, 0.3) is 21.7 Å². The molecule has 0 radical (unpaired) electrons. The standard InChI is InChI=1S/C22H16FN3OS/c23-19-8-4-7-18(14-19)16-9-11-17(12-10-16)21-25-26-22(28-21)24-20(27)13-15-5-2-1-3-6-15/h1-12,14H,13H2,(H,24,26,27). The molecule has 0 aliphatic rings. The summed E-state index contributed by atoms with van der Waals surface area (Å²) in [5, 5.41) is 12.2. The molecular weight excluding hydrogens is 373 g/mol. The first-order chi connectivity index (χ1) is 13.7. The molecule has 0 bridgehead atoms. The number of anilines is 1. The predicted octanol–water partition coefficient (Wildman–Crippen LogP) is 5.19. The van der Waals surface area contributed by atoms with E-state index in [1.165, 1.54) is 23.5 Å². The van der Waals surface area contributed by atoms with Crippen LogP contribution < -0.4 is 5.32 Å². The lowest BCUT2D eigenvalue weighted by Gasteiger charge is -2.03. The Bertz CT molecular complexity index is 1090. The number of carbonyl (C=O) groups is 1. The average Bonchev–Trinajstić information content (AvgIpc) is 3.17. The molecule has 4 rings (SSSR count). The minimum atomic E-state index is -0.262. The third-order valence-corrected chi connectivity index (χ3v) is 5.06. The highest BCUT2D eigenvalue weighted by molar-refractivity contribution is 7.18. The number of rotatable bonds is 5. The van der Waals surface area contributed by atoms with Gasteiger partial charge in [0.1, 0.15) is 10.8 Å².